The molecule has 1 aliphatic rings. The van der Waals surface area contributed by atoms with Crippen molar-refractivity contribution in [1.29, 1.82) is 0 Å². The Labute approximate surface area is 277 Å². The van der Waals surface area contributed by atoms with E-state index in [0.717, 1.165) is 52.2 Å². The van der Waals surface area contributed by atoms with E-state index in [2.05, 4.69) is 5.32 Å². The van der Waals surface area contributed by atoms with Crippen LogP contribution in [0.4, 0.5) is 5.69 Å². The Morgan fingerprint density at radius 1 is 0.826 bits per heavy atom. The van der Waals surface area contributed by atoms with Crippen molar-refractivity contribution in [1.82, 2.24) is 10.2 Å². The van der Waals surface area contributed by atoms with E-state index in [9.17, 15) is 18.0 Å². The van der Waals surface area contributed by atoms with Gasteiger partial charge in [0.05, 0.1) is 10.6 Å². The number of nitrogens with one attached hydrogen (secondary N) is 1. The third kappa shape index (κ3) is 8.36. The topological polar surface area (TPSA) is 86.8 Å². The van der Waals surface area contributed by atoms with Crippen LogP contribution >= 0.6 is 11.6 Å². The molecule has 0 spiro atoms. The van der Waals surface area contributed by atoms with Gasteiger partial charge in [0.1, 0.15) is 12.6 Å². The number of rotatable bonds is 12. The predicted octanol–water partition coefficient (Wildman–Crippen LogP) is 6.85. The van der Waals surface area contributed by atoms with Gasteiger partial charge in [-0.2, -0.15) is 0 Å². The number of nitrogens with zero attached hydrogens (tertiary/aromatic N) is 2. The van der Waals surface area contributed by atoms with Gasteiger partial charge in [-0.15, -0.1) is 0 Å². The molecule has 0 aliphatic heterocycles. The molecule has 0 saturated heterocycles. The van der Waals surface area contributed by atoms with E-state index in [1.54, 1.807) is 60.7 Å². The highest BCUT2D eigenvalue weighted by molar-refractivity contribution is 7.92. The highest BCUT2D eigenvalue weighted by Gasteiger charge is 2.35. The molecule has 4 aromatic rings. The zero-order chi connectivity index (χ0) is 32.7. The molecule has 4 aromatic carbocycles. The molecular formula is C37H40ClN3O4S. The van der Waals surface area contributed by atoms with Crippen LogP contribution in [0, 0.1) is 13.8 Å². The van der Waals surface area contributed by atoms with Crippen LogP contribution in [0.5, 0.6) is 0 Å². The second kappa shape index (κ2) is 15.0. The number of halogens is 1. The first-order valence-electron chi connectivity index (χ1n) is 15.6. The molecule has 240 valence electrons. The Kier molecular flexibility index (Phi) is 10.8. The van der Waals surface area contributed by atoms with Gasteiger partial charge in [0, 0.05) is 24.0 Å². The standard InChI is InChI=1S/C37H40ClN3O4S/c1-27-18-20-34(21-19-27)46(44,45)41(33-17-8-10-28(2)22-33)26-36(42)40(25-30-13-9-14-31(38)23-30)35(24-29-11-4-3-5-12-29)37(43)39-32-15-6-7-16-32/h3-5,8-14,17-23,32,35H,6-7,15-16,24-26H2,1-2H3,(H,39,43)/t35-/m0/s1. The van der Waals surface area contributed by atoms with Gasteiger partial charge in [-0.05, 0) is 79.8 Å². The average Bonchev–Trinajstić information content (AvgIpc) is 3.55. The minimum atomic E-state index is -4.16. The van der Waals surface area contributed by atoms with E-state index < -0.39 is 28.5 Å². The Morgan fingerprint density at radius 2 is 1.50 bits per heavy atom. The zero-order valence-corrected chi connectivity index (χ0v) is 27.8. The summed E-state index contributed by atoms with van der Waals surface area (Å²) in [5.41, 5.74) is 3.76. The lowest BCUT2D eigenvalue weighted by Gasteiger charge is -2.34. The summed E-state index contributed by atoms with van der Waals surface area (Å²) in [5, 5.41) is 3.70. The quantitative estimate of drug-likeness (QED) is 0.181. The molecule has 1 N–H and O–H groups in total. The van der Waals surface area contributed by atoms with Crippen molar-refractivity contribution in [3.63, 3.8) is 0 Å². The minimum Gasteiger partial charge on any atom is -0.352 e. The number of aryl methyl sites for hydroxylation is 2. The van der Waals surface area contributed by atoms with E-state index in [1.807, 2.05) is 56.3 Å². The first-order valence-corrected chi connectivity index (χ1v) is 17.5. The van der Waals surface area contributed by atoms with Crippen molar-refractivity contribution in [2.45, 2.75) is 69.5 Å². The molecule has 2 amide bonds. The molecule has 1 saturated carbocycles. The number of carbonyl (C=O) groups excluding carboxylic acids is 2. The minimum absolute atomic E-state index is 0.0413. The van der Waals surface area contributed by atoms with E-state index >= 15 is 0 Å². The number of sulfonamides is 1. The van der Waals surface area contributed by atoms with Crippen molar-refractivity contribution in [2.24, 2.45) is 0 Å². The molecule has 5 rings (SSSR count). The Morgan fingerprint density at radius 3 is 2.17 bits per heavy atom. The van der Waals surface area contributed by atoms with Crippen LogP contribution in [-0.2, 0) is 32.6 Å². The molecular weight excluding hydrogens is 618 g/mol. The fourth-order valence-corrected chi connectivity index (χ4v) is 7.52. The molecule has 0 aromatic heterocycles. The molecule has 0 radical (unpaired) electrons. The largest absolute Gasteiger partial charge is 0.352 e. The number of amides is 2. The van der Waals surface area contributed by atoms with Gasteiger partial charge in [0.2, 0.25) is 11.8 Å². The van der Waals surface area contributed by atoms with Crippen LogP contribution in [0.2, 0.25) is 5.02 Å². The second-order valence-electron chi connectivity index (χ2n) is 12.0. The SMILES string of the molecule is Cc1ccc(S(=O)(=O)N(CC(=O)N(Cc2cccc(Cl)c2)[C@@H](Cc2ccccc2)C(=O)NC2CCCC2)c2cccc(C)c2)cc1. The fraction of sp³-hybridized carbons (Fsp3) is 0.297. The summed E-state index contributed by atoms with van der Waals surface area (Å²) >= 11 is 6.34. The summed E-state index contributed by atoms with van der Waals surface area (Å²) in [4.78, 5) is 30.3. The normalized spacial score (nSPS) is 14.1. The summed E-state index contributed by atoms with van der Waals surface area (Å²) in [6, 6.07) is 29.5. The number of benzene rings is 4. The maximum atomic E-state index is 14.6. The molecule has 46 heavy (non-hydrogen) atoms. The van der Waals surface area contributed by atoms with Crippen molar-refractivity contribution in [3.05, 3.63) is 130 Å². The van der Waals surface area contributed by atoms with Gasteiger partial charge in [-0.3, -0.25) is 13.9 Å². The van der Waals surface area contributed by atoms with Crippen molar-refractivity contribution >= 4 is 39.1 Å². The predicted molar refractivity (Wildman–Crippen MR) is 183 cm³/mol. The third-order valence-electron chi connectivity index (χ3n) is 8.39. The van der Waals surface area contributed by atoms with E-state index in [0.29, 0.717) is 10.7 Å². The summed E-state index contributed by atoms with van der Waals surface area (Å²) in [5.74, 6) is -0.755. The van der Waals surface area contributed by atoms with Crippen LogP contribution < -0.4 is 9.62 Å². The van der Waals surface area contributed by atoms with E-state index in [4.69, 9.17) is 11.6 Å². The van der Waals surface area contributed by atoms with Crippen LogP contribution in [0.1, 0.15) is 47.9 Å². The lowest BCUT2D eigenvalue weighted by atomic mass is 10.0. The maximum Gasteiger partial charge on any atom is 0.264 e. The summed E-state index contributed by atoms with van der Waals surface area (Å²) in [6.45, 7) is 3.33. The van der Waals surface area contributed by atoms with Gasteiger partial charge in [0.15, 0.2) is 0 Å². The Hall–Kier alpha value is -4.14. The monoisotopic (exact) mass is 657 g/mol. The molecule has 1 atom stereocenters. The molecule has 1 fully saturated rings. The molecule has 0 unspecified atom stereocenters. The van der Waals surface area contributed by atoms with Gasteiger partial charge in [-0.25, -0.2) is 8.42 Å². The second-order valence-corrected chi connectivity index (χ2v) is 14.3. The van der Waals surface area contributed by atoms with Crippen LogP contribution in [0.3, 0.4) is 0 Å². The lowest BCUT2D eigenvalue weighted by molar-refractivity contribution is -0.140. The highest BCUT2D eigenvalue weighted by Crippen LogP contribution is 2.27. The molecule has 9 heteroatoms. The molecule has 7 nitrogen and oxygen atoms in total. The van der Waals surface area contributed by atoms with E-state index in [-0.39, 0.29) is 29.8 Å². The first kappa shape index (κ1) is 33.2. The fourth-order valence-electron chi connectivity index (χ4n) is 5.90. The average molecular weight is 658 g/mol. The summed E-state index contributed by atoms with van der Waals surface area (Å²) in [6.07, 6.45) is 4.13. The number of carbonyl (C=O) groups is 2. The van der Waals surface area contributed by atoms with Gasteiger partial charge in [-0.1, -0.05) is 96.7 Å². The lowest BCUT2D eigenvalue weighted by Crippen LogP contribution is -2.54. The van der Waals surface area contributed by atoms with Crippen molar-refractivity contribution in [3.8, 4) is 0 Å². The number of hydrogen-bond acceptors (Lipinski definition) is 4. The Bertz CT molecular complexity index is 1760. The zero-order valence-electron chi connectivity index (χ0n) is 26.2. The van der Waals surface area contributed by atoms with Gasteiger partial charge >= 0.3 is 0 Å². The van der Waals surface area contributed by atoms with Crippen LogP contribution in [0.15, 0.2) is 108 Å². The number of anilines is 1. The molecule has 0 heterocycles. The summed E-state index contributed by atoms with van der Waals surface area (Å²) in [7, 11) is -4.16. The third-order valence-corrected chi connectivity index (χ3v) is 10.4. The summed E-state index contributed by atoms with van der Waals surface area (Å²) < 4.78 is 29.5. The number of hydrogen-bond donors (Lipinski definition) is 1. The maximum absolute atomic E-state index is 14.6. The van der Waals surface area contributed by atoms with Gasteiger partial charge in [0.25, 0.3) is 10.0 Å². The Balaban J connectivity index is 1.57. The molecule has 0 bridgehead atoms. The smallest absolute Gasteiger partial charge is 0.264 e. The first-order chi connectivity index (χ1) is 22.1. The van der Waals surface area contributed by atoms with Crippen molar-refractivity contribution < 1.29 is 18.0 Å². The van der Waals surface area contributed by atoms with Crippen LogP contribution in [-0.4, -0.2) is 43.8 Å². The highest BCUT2D eigenvalue weighted by atomic mass is 35.5. The van der Waals surface area contributed by atoms with Crippen molar-refractivity contribution in [2.75, 3.05) is 10.8 Å². The van der Waals surface area contributed by atoms with E-state index in [1.165, 1.54) is 4.90 Å². The molecule has 1 aliphatic carbocycles. The van der Waals surface area contributed by atoms with Crippen LogP contribution in [0.25, 0.3) is 0 Å². The van der Waals surface area contributed by atoms with Gasteiger partial charge < -0.3 is 10.2 Å².